The van der Waals surface area contributed by atoms with E-state index in [1.165, 1.54) is 7.11 Å². The third-order valence-corrected chi connectivity index (χ3v) is 6.59. The quantitative estimate of drug-likeness (QED) is 0.451. The van der Waals surface area contributed by atoms with Gasteiger partial charge in [0, 0.05) is 25.3 Å². The van der Waals surface area contributed by atoms with Gasteiger partial charge in [-0.2, -0.15) is 5.01 Å². The molecule has 1 atom stereocenters. The predicted octanol–water partition coefficient (Wildman–Crippen LogP) is 1.42. The molecule has 1 aromatic carbocycles. The van der Waals surface area contributed by atoms with Crippen molar-refractivity contribution in [2.75, 3.05) is 33.9 Å². The molecule has 2 aliphatic heterocycles. The first-order chi connectivity index (χ1) is 16.8. The van der Waals surface area contributed by atoms with Gasteiger partial charge in [0.15, 0.2) is 0 Å². The van der Waals surface area contributed by atoms with Gasteiger partial charge in [-0.1, -0.05) is 12.1 Å². The monoisotopic (exact) mass is 483 g/mol. The summed E-state index contributed by atoms with van der Waals surface area (Å²) in [5.74, 6) is -0.779. The number of carbonyl (C=O) groups is 4. The van der Waals surface area contributed by atoms with Crippen molar-refractivity contribution in [2.45, 2.75) is 31.3 Å². The average Bonchev–Trinajstić information content (AvgIpc) is 3.44. The Morgan fingerprint density at radius 1 is 1.11 bits per heavy atom. The number of rotatable bonds is 7. The van der Waals surface area contributed by atoms with Crippen LogP contribution in [0.1, 0.15) is 41.9 Å². The highest BCUT2D eigenvalue weighted by Gasteiger charge is 2.50. The number of aromatic nitrogens is 1. The van der Waals surface area contributed by atoms with Gasteiger partial charge in [-0.25, -0.2) is 9.59 Å². The number of esters is 1. The normalized spacial score (nSPS) is 21.1. The zero-order valence-electron chi connectivity index (χ0n) is 19.9. The topological polar surface area (TPSA) is 122 Å². The summed E-state index contributed by atoms with van der Waals surface area (Å²) in [4.78, 5) is 52.1. The van der Waals surface area contributed by atoms with Crippen molar-refractivity contribution in [2.24, 2.45) is 0 Å². The zero-order valence-corrected chi connectivity index (χ0v) is 19.9. The standard InChI is InChI=1S/C24H29N5O6/c1-24(16-6-8-18(34-2)9-7-16)22(32)29(23(33)25-24)26-20(30)15-27-13-10-17(11-14-27)28-12-4-5-19(28)21(31)35-3/h4-9,12,17H,10-11,13-15H2,1-3H3,(H,25,33)(H,26,30). The van der Waals surface area contributed by atoms with Gasteiger partial charge in [-0.15, -0.1) is 0 Å². The molecule has 3 heterocycles. The molecular weight excluding hydrogens is 454 g/mol. The number of imide groups is 1. The number of benzene rings is 1. The van der Waals surface area contributed by atoms with E-state index >= 15 is 0 Å². The minimum atomic E-state index is -1.30. The summed E-state index contributed by atoms with van der Waals surface area (Å²) in [6, 6.07) is 9.76. The number of hydrogen-bond acceptors (Lipinski definition) is 7. The fourth-order valence-corrected chi connectivity index (χ4v) is 4.57. The van der Waals surface area contributed by atoms with E-state index in [2.05, 4.69) is 10.7 Å². The van der Waals surface area contributed by atoms with Gasteiger partial charge in [-0.3, -0.25) is 19.9 Å². The molecule has 4 amide bonds. The smallest absolute Gasteiger partial charge is 0.354 e. The van der Waals surface area contributed by atoms with Gasteiger partial charge in [0.05, 0.1) is 20.8 Å². The number of likely N-dealkylation sites (tertiary alicyclic amines) is 1. The van der Waals surface area contributed by atoms with E-state index in [1.807, 2.05) is 21.7 Å². The lowest BCUT2D eigenvalue weighted by Gasteiger charge is -2.33. The third-order valence-electron chi connectivity index (χ3n) is 6.59. The first-order valence-corrected chi connectivity index (χ1v) is 11.3. The van der Waals surface area contributed by atoms with E-state index in [9.17, 15) is 19.2 Å². The van der Waals surface area contributed by atoms with Gasteiger partial charge in [-0.05, 0) is 49.6 Å². The number of hydrogen-bond donors (Lipinski definition) is 2. The molecule has 2 aromatic rings. The number of piperidine rings is 1. The van der Waals surface area contributed by atoms with Crippen molar-refractivity contribution in [3.05, 3.63) is 53.9 Å². The summed E-state index contributed by atoms with van der Waals surface area (Å²) in [6.45, 7) is 2.88. The second kappa shape index (κ2) is 9.79. The molecule has 4 rings (SSSR count). The van der Waals surface area contributed by atoms with Crippen LogP contribution in [0.25, 0.3) is 0 Å². The Morgan fingerprint density at radius 2 is 1.80 bits per heavy atom. The molecule has 0 bridgehead atoms. The van der Waals surface area contributed by atoms with Crippen molar-refractivity contribution in [1.82, 2.24) is 25.2 Å². The maximum absolute atomic E-state index is 13.0. The molecule has 2 aliphatic rings. The molecule has 0 radical (unpaired) electrons. The molecule has 0 spiro atoms. The number of nitrogens with one attached hydrogen (secondary N) is 2. The van der Waals surface area contributed by atoms with Crippen molar-refractivity contribution >= 4 is 23.8 Å². The molecule has 1 unspecified atom stereocenters. The molecular formula is C24H29N5O6. The molecule has 2 fully saturated rings. The highest BCUT2D eigenvalue weighted by atomic mass is 16.5. The number of methoxy groups -OCH3 is 2. The van der Waals surface area contributed by atoms with Crippen LogP contribution in [0.5, 0.6) is 5.75 Å². The van der Waals surface area contributed by atoms with Crippen molar-refractivity contribution in [3.63, 3.8) is 0 Å². The second-order valence-corrected chi connectivity index (χ2v) is 8.76. The first-order valence-electron chi connectivity index (χ1n) is 11.3. The van der Waals surface area contributed by atoms with Gasteiger partial charge in [0.1, 0.15) is 17.0 Å². The van der Waals surface area contributed by atoms with Crippen LogP contribution in [0.3, 0.4) is 0 Å². The Labute approximate surface area is 202 Å². The van der Waals surface area contributed by atoms with Gasteiger partial charge < -0.3 is 19.4 Å². The Morgan fingerprint density at radius 3 is 2.43 bits per heavy atom. The summed E-state index contributed by atoms with van der Waals surface area (Å²) in [5.41, 5.74) is 2.22. The summed E-state index contributed by atoms with van der Waals surface area (Å²) >= 11 is 0. The average molecular weight is 484 g/mol. The third kappa shape index (κ3) is 4.72. The van der Waals surface area contributed by atoms with Crippen LogP contribution in [0, 0.1) is 0 Å². The summed E-state index contributed by atoms with van der Waals surface area (Å²) in [6.07, 6.45) is 3.34. The number of carbonyl (C=O) groups excluding carboxylic acids is 4. The molecule has 2 N–H and O–H groups in total. The van der Waals surface area contributed by atoms with Crippen LogP contribution < -0.4 is 15.5 Å². The Hall–Kier alpha value is -3.86. The van der Waals surface area contributed by atoms with Crippen LogP contribution >= 0.6 is 0 Å². The van der Waals surface area contributed by atoms with E-state index in [-0.39, 0.29) is 18.6 Å². The second-order valence-electron chi connectivity index (χ2n) is 8.76. The summed E-state index contributed by atoms with van der Waals surface area (Å²) in [5, 5.41) is 3.40. The zero-order chi connectivity index (χ0) is 25.2. The van der Waals surface area contributed by atoms with Crippen LogP contribution in [0.15, 0.2) is 42.6 Å². The van der Waals surface area contributed by atoms with Crippen LogP contribution in [0.4, 0.5) is 4.79 Å². The molecule has 1 aromatic heterocycles. The number of urea groups is 1. The Kier molecular flexibility index (Phi) is 6.79. The summed E-state index contributed by atoms with van der Waals surface area (Å²) in [7, 11) is 2.89. The lowest BCUT2D eigenvalue weighted by atomic mass is 9.92. The van der Waals surface area contributed by atoms with Crippen molar-refractivity contribution < 1.29 is 28.7 Å². The highest BCUT2D eigenvalue weighted by Crippen LogP contribution is 2.29. The number of amides is 4. The highest BCUT2D eigenvalue weighted by molar-refractivity contribution is 6.08. The minimum absolute atomic E-state index is 0.0402. The largest absolute Gasteiger partial charge is 0.497 e. The number of nitrogens with zero attached hydrogens (tertiary/aromatic N) is 3. The Balaban J connectivity index is 1.33. The van der Waals surface area contributed by atoms with E-state index in [0.717, 1.165) is 17.9 Å². The van der Waals surface area contributed by atoms with Gasteiger partial charge in [0.2, 0.25) is 0 Å². The van der Waals surface area contributed by atoms with Crippen LogP contribution in [0.2, 0.25) is 0 Å². The molecule has 11 heteroatoms. The molecule has 35 heavy (non-hydrogen) atoms. The van der Waals surface area contributed by atoms with Gasteiger partial charge in [0.25, 0.3) is 11.8 Å². The van der Waals surface area contributed by atoms with E-state index < -0.39 is 23.4 Å². The van der Waals surface area contributed by atoms with E-state index in [0.29, 0.717) is 30.1 Å². The molecule has 11 nitrogen and oxygen atoms in total. The fourth-order valence-electron chi connectivity index (χ4n) is 4.57. The minimum Gasteiger partial charge on any atom is -0.497 e. The SMILES string of the molecule is COC(=O)c1cccn1C1CCN(CC(=O)NN2C(=O)NC(C)(c3ccc(OC)cc3)C2=O)CC1. The molecule has 0 aliphatic carbocycles. The van der Waals surface area contributed by atoms with E-state index in [1.54, 1.807) is 44.4 Å². The fraction of sp³-hybridized carbons (Fsp3) is 0.417. The predicted molar refractivity (Wildman–Crippen MR) is 124 cm³/mol. The first kappa shape index (κ1) is 24.3. The van der Waals surface area contributed by atoms with Gasteiger partial charge >= 0.3 is 12.0 Å². The lowest BCUT2D eigenvalue weighted by molar-refractivity contribution is -0.139. The number of ether oxygens (including phenoxy) is 2. The van der Waals surface area contributed by atoms with E-state index in [4.69, 9.17) is 9.47 Å². The molecule has 186 valence electrons. The Bertz CT molecular complexity index is 1120. The maximum Gasteiger partial charge on any atom is 0.354 e. The molecule has 0 saturated carbocycles. The number of hydrazine groups is 1. The van der Waals surface area contributed by atoms with Crippen molar-refractivity contribution in [1.29, 1.82) is 0 Å². The lowest BCUT2D eigenvalue weighted by Crippen LogP contribution is -2.51. The maximum atomic E-state index is 13.0. The summed E-state index contributed by atoms with van der Waals surface area (Å²) < 4.78 is 11.9. The molecule has 2 saturated heterocycles. The van der Waals surface area contributed by atoms with Crippen molar-refractivity contribution in [3.8, 4) is 5.75 Å². The van der Waals surface area contributed by atoms with Crippen LogP contribution in [-0.2, 0) is 19.9 Å². The van der Waals surface area contributed by atoms with Crippen LogP contribution in [-0.4, -0.2) is 72.1 Å².